The molecule has 0 heterocycles. The van der Waals surface area contributed by atoms with Crippen LogP contribution < -0.4 is 5.32 Å². The first-order valence-electron chi connectivity index (χ1n) is 12.4. The third kappa shape index (κ3) is 8.10. The quantitative estimate of drug-likeness (QED) is 0.430. The average Bonchev–Trinajstić information content (AvgIpc) is 2.81. The van der Waals surface area contributed by atoms with Gasteiger partial charge < -0.3 is 10.2 Å². The van der Waals surface area contributed by atoms with E-state index in [4.69, 9.17) is 0 Å². The molecular weight excluding hydrogens is 432 g/mol. The Morgan fingerprint density at radius 3 is 2.09 bits per heavy atom. The molecule has 3 aromatic rings. The summed E-state index contributed by atoms with van der Waals surface area (Å²) in [6.45, 7) is 10.4. The van der Waals surface area contributed by atoms with E-state index < -0.39 is 11.6 Å². The predicted octanol–water partition coefficient (Wildman–Crippen LogP) is 5.79. The van der Waals surface area contributed by atoms with Crippen molar-refractivity contribution in [3.63, 3.8) is 0 Å². The molecule has 0 aliphatic carbocycles. The van der Waals surface area contributed by atoms with Gasteiger partial charge in [-0.25, -0.2) is 0 Å². The van der Waals surface area contributed by atoms with Gasteiger partial charge in [-0.3, -0.25) is 9.59 Å². The molecule has 3 aromatic carbocycles. The van der Waals surface area contributed by atoms with Gasteiger partial charge in [0.15, 0.2) is 0 Å². The van der Waals surface area contributed by atoms with Crippen molar-refractivity contribution in [3.05, 3.63) is 107 Å². The number of carbonyl (C=O) groups is 2. The van der Waals surface area contributed by atoms with Crippen LogP contribution in [0.3, 0.4) is 0 Å². The van der Waals surface area contributed by atoms with Crippen molar-refractivity contribution >= 4 is 11.8 Å². The maximum Gasteiger partial charge on any atom is 0.243 e. The van der Waals surface area contributed by atoms with Crippen molar-refractivity contribution in [2.75, 3.05) is 0 Å². The molecule has 35 heavy (non-hydrogen) atoms. The Balaban J connectivity index is 1.93. The van der Waals surface area contributed by atoms with E-state index in [-0.39, 0.29) is 11.8 Å². The largest absolute Gasteiger partial charge is 0.350 e. The third-order valence-electron chi connectivity index (χ3n) is 6.12. The Morgan fingerprint density at radius 2 is 1.46 bits per heavy atom. The third-order valence-corrected chi connectivity index (χ3v) is 6.12. The minimum atomic E-state index is -0.609. The molecule has 4 heteroatoms. The Hall–Kier alpha value is -3.40. The normalized spacial score (nSPS) is 12.1. The molecule has 3 rings (SSSR count). The molecule has 0 aliphatic heterocycles. The number of benzene rings is 3. The van der Waals surface area contributed by atoms with Gasteiger partial charge in [0.1, 0.15) is 6.04 Å². The maximum atomic E-state index is 13.7. The minimum Gasteiger partial charge on any atom is -0.350 e. The number of nitrogens with zero attached hydrogens (tertiary/aromatic N) is 1. The smallest absolute Gasteiger partial charge is 0.243 e. The van der Waals surface area contributed by atoms with Crippen molar-refractivity contribution in [2.45, 2.75) is 72.0 Å². The summed E-state index contributed by atoms with van der Waals surface area (Å²) in [7, 11) is 0. The Labute approximate surface area is 210 Å². The van der Waals surface area contributed by atoms with Crippen molar-refractivity contribution in [1.29, 1.82) is 0 Å². The lowest BCUT2D eigenvalue weighted by Gasteiger charge is -2.34. The number of hydrogen-bond donors (Lipinski definition) is 1. The lowest BCUT2D eigenvalue weighted by molar-refractivity contribution is -0.141. The van der Waals surface area contributed by atoms with Gasteiger partial charge in [0.05, 0.1) is 0 Å². The van der Waals surface area contributed by atoms with Crippen LogP contribution in [-0.2, 0) is 29.0 Å². The molecule has 184 valence electrons. The SMILES string of the molecule is Cc1ccc(CCC(=O)N(Cc2ccccc2C)[C@H](Cc2ccccc2)C(=O)NC(C)(C)C)cc1. The first kappa shape index (κ1) is 26.2. The molecule has 0 unspecified atom stereocenters. The fourth-order valence-corrected chi connectivity index (χ4v) is 4.13. The lowest BCUT2D eigenvalue weighted by Crippen LogP contribution is -2.54. The van der Waals surface area contributed by atoms with Gasteiger partial charge in [0, 0.05) is 24.9 Å². The summed E-state index contributed by atoms with van der Waals surface area (Å²) < 4.78 is 0. The van der Waals surface area contributed by atoms with E-state index >= 15 is 0 Å². The summed E-state index contributed by atoms with van der Waals surface area (Å²) in [5.41, 5.74) is 5.12. The van der Waals surface area contributed by atoms with Crippen LogP contribution in [0.25, 0.3) is 0 Å². The van der Waals surface area contributed by atoms with Gasteiger partial charge in [-0.1, -0.05) is 84.4 Å². The van der Waals surface area contributed by atoms with E-state index in [0.29, 0.717) is 25.8 Å². The molecule has 1 atom stereocenters. The number of hydrogen-bond acceptors (Lipinski definition) is 2. The van der Waals surface area contributed by atoms with Crippen LogP contribution in [0, 0.1) is 13.8 Å². The Kier molecular flexibility index (Phi) is 8.86. The number of aryl methyl sites for hydroxylation is 3. The van der Waals surface area contributed by atoms with E-state index in [2.05, 4.69) is 36.5 Å². The number of amides is 2. The molecule has 4 nitrogen and oxygen atoms in total. The summed E-state index contributed by atoms with van der Waals surface area (Å²) in [5.74, 6) is -0.141. The Bertz CT molecular complexity index is 1110. The van der Waals surface area contributed by atoms with Crippen LogP contribution in [-0.4, -0.2) is 28.3 Å². The van der Waals surface area contributed by atoms with Gasteiger partial charge in [0.2, 0.25) is 11.8 Å². The highest BCUT2D eigenvalue weighted by Crippen LogP contribution is 2.19. The summed E-state index contributed by atoms with van der Waals surface area (Å²) in [6.07, 6.45) is 1.45. The van der Waals surface area contributed by atoms with Crippen LogP contribution in [0.2, 0.25) is 0 Å². The molecule has 2 amide bonds. The predicted molar refractivity (Wildman–Crippen MR) is 143 cm³/mol. The zero-order valence-electron chi connectivity index (χ0n) is 21.7. The molecule has 0 aromatic heterocycles. The molecule has 0 bridgehead atoms. The van der Waals surface area contributed by atoms with Crippen molar-refractivity contribution in [2.24, 2.45) is 0 Å². The first-order chi connectivity index (χ1) is 16.6. The fraction of sp³-hybridized carbons (Fsp3) is 0.355. The van der Waals surface area contributed by atoms with Crippen molar-refractivity contribution in [3.8, 4) is 0 Å². The summed E-state index contributed by atoms with van der Waals surface area (Å²) >= 11 is 0. The van der Waals surface area contributed by atoms with E-state index in [9.17, 15) is 9.59 Å². The van der Waals surface area contributed by atoms with E-state index in [1.807, 2.05) is 82.3 Å². The highest BCUT2D eigenvalue weighted by Gasteiger charge is 2.32. The minimum absolute atomic E-state index is 0.0150. The van der Waals surface area contributed by atoms with Gasteiger partial charge in [-0.05, 0) is 63.3 Å². The van der Waals surface area contributed by atoms with Gasteiger partial charge in [-0.2, -0.15) is 0 Å². The highest BCUT2D eigenvalue weighted by molar-refractivity contribution is 5.88. The second-order valence-corrected chi connectivity index (χ2v) is 10.4. The molecular formula is C31H38N2O2. The van der Waals surface area contributed by atoms with Crippen LogP contribution in [0.4, 0.5) is 0 Å². The lowest BCUT2D eigenvalue weighted by atomic mass is 9.99. The highest BCUT2D eigenvalue weighted by atomic mass is 16.2. The standard InChI is InChI=1S/C31H38N2O2/c1-23-15-17-25(18-16-23)19-20-29(34)33(22-27-14-10-9-11-24(27)2)28(30(35)32-31(3,4)5)21-26-12-7-6-8-13-26/h6-18,28H,19-22H2,1-5H3,(H,32,35)/t28-/m1/s1. The molecule has 1 N–H and O–H groups in total. The van der Waals surface area contributed by atoms with E-state index in [1.54, 1.807) is 4.90 Å². The van der Waals surface area contributed by atoms with Crippen molar-refractivity contribution < 1.29 is 9.59 Å². The van der Waals surface area contributed by atoms with Gasteiger partial charge in [0.25, 0.3) is 0 Å². The zero-order chi connectivity index (χ0) is 25.4. The molecule has 0 aliphatic rings. The van der Waals surface area contributed by atoms with Crippen LogP contribution in [0.15, 0.2) is 78.9 Å². The fourth-order valence-electron chi connectivity index (χ4n) is 4.13. The number of nitrogens with one attached hydrogen (secondary N) is 1. The van der Waals surface area contributed by atoms with Gasteiger partial charge in [-0.15, -0.1) is 0 Å². The Morgan fingerprint density at radius 1 is 0.829 bits per heavy atom. The zero-order valence-corrected chi connectivity index (χ0v) is 21.7. The second kappa shape index (κ2) is 11.8. The molecule has 0 radical (unpaired) electrons. The number of rotatable bonds is 9. The molecule has 0 spiro atoms. The summed E-state index contributed by atoms with van der Waals surface area (Å²) in [5, 5.41) is 3.12. The first-order valence-corrected chi connectivity index (χ1v) is 12.4. The maximum absolute atomic E-state index is 13.7. The molecule has 0 saturated carbocycles. The van der Waals surface area contributed by atoms with E-state index in [0.717, 1.165) is 22.3 Å². The van der Waals surface area contributed by atoms with Crippen molar-refractivity contribution in [1.82, 2.24) is 10.2 Å². The monoisotopic (exact) mass is 470 g/mol. The van der Waals surface area contributed by atoms with Crippen LogP contribution >= 0.6 is 0 Å². The average molecular weight is 471 g/mol. The second-order valence-electron chi connectivity index (χ2n) is 10.4. The van der Waals surface area contributed by atoms with Crippen LogP contribution in [0.1, 0.15) is 55.0 Å². The molecule has 0 saturated heterocycles. The van der Waals surface area contributed by atoms with E-state index in [1.165, 1.54) is 5.56 Å². The molecule has 0 fully saturated rings. The summed E-state index contributed by atoms with van der Waals surface area (Å²) in [6, 6.07) is 25.7. The summed E-state index contributed by atoms with van der Waals surface area (Å²) in [4.78, 5) is 29.1. The topological polar surface area (TPSA) is 49.4 Å². The number of carbonyl (C=O) groups excluding carboxylic acids is 2. The van der Waals surface area contributed by atoms with Crippen LogP contribution in [0.5, 0.6) is 0 Å². The van der Waals surface area contributed by atoms with Gasteiger partial charge >= 0.3 is 0 Å².